The molecule has 1 fully saturated rings. The fourth-order valence-corrected chi connectivity index (χ4v) is 4.44. The van der Waals surface area contributed by atoms with Crippen molar-refractivity contribution in [3.05, 3.63) is 12.0 Å². The summed E-state index contributed by atoms with van der Waals surface area (Å²) in [5.41, 5.74) is 5.90. The van der Waals surface area contributed by atoms with Gasteiger partial charge in [-0.2, -0.15) is 4.31 Å². The molecule has 0 saturated carbocycles. The number of imidazole rings is 1. The third-order valence-electron chi connectivity index (χ3n) is 3.92. The van der Waals surface area contributed by atoms with Crippen LogP contribution in [0.2, 0.25) is 0 Å². The Morgan fingerprint density at radius 2 is 2.22 bits per heavy atom. The van der Waals surface area contributed by atoms with Crippen LogP contribution in [0.3, 0.4) is 0 Å². The third-order valence-corrected chi connectivity index (χ3v) is 5.76. The highest BCUT2D eigenvalue weighted by Gasteiger charge is 2.37. The first-order valence-electron chi connectivity index (χ1n) is 6.30. The molecular formula is C11H18N4O2S. The summed E-state index contributed by atoms with van der Waals surface area (Å²) in [7, 11) is -3.43. The molecule has 1 aromatic rings. The minimum atomic E-state index is -3.43. The second-order valence-electron chi connectivity index (χ2n) is 5.23. The molecule has 2 unspecified atom stereocenters. The molecule has 6 nitrogen and oxygen atoms in total. The van der Waals surface area contributed by atoms with E-state index in [2.05, 4.69) is 4.98 Å². The first kappa shape index (κ1) is 12.1. The molecule has 3 heterocycles. The topological polar surface area (TPSA) is 81.2 Å². The van der Waals surface area contributed by atoms with Crippen LogP contribution < -0.4 is 5.73 Å². The van der Waals surface area contributed by atoms with Crippen molar-refractivity contribution in [2.75, 3.05) is 13.1 Å². The van der Waals surface area contributed by atoms with Crippen LogP contribution in [0, 0.1) is 5.92 Å². The fraction of sp³-hybridized carbons (Fsp3) is 0.727. The summed E-state index contributed by atoms with van der Waals surface area (Å²) >= 11 is 0. The molecule has 0 radical (unpaired) electrons. The van der Waals surface area contributed by atoms with Crippen molar-refractivity contribution in [3.63, 3.8) is 0 Å². The normalized spacial score (nSPS) is 28.8. The lowest BCUT2D eigenvalue weighted by molar-refractivity contribution is 0.456. The highest BCUT2D eigenvalue weighted by atomic mass is 32.2. The predicted octanol–water partition coefficient (Wildman–Crippen LogP) is -0.203. The third kappa shape index (κ3) is 1.69. The number of nitrogens with zero attached hydrogens (tertiary/aromatic N) is 3. The van der Waals surface area contributed by atoms with Crippen LogP contribution in [0.1, 0.15) is 19.2 Å². The van der Waals surface area contributed by atoms with Crippen LogP contribution in [0.25, 0.3) is 0 Å². The molecule has 2 N–H and O–H groups in total. The minimum Gasteiger partial charge on any atom is -0.326 e. The zero-order chi connectivity index (χ0) is 12.9. The number of nitrogens with two attached hydrogens (primary N) is 1. The number of rotatable bonds is 2. The van der Waals surface area contributed by atoms with Crippen molar-refractivity contribution < 1.29 is 8.42 Å². The Morgan fingerprint density at radius 1 is 1.44 bits per heavy atom. The molecule has 1 aromatic heterocycles. The van der Waals surface area contributed by atoms with Crippen LogP contribution in [-0.2, 0) is 23.0 Å². The minimum absolute atomic E-state index is 0.0688. The Kier molecular flexibility index (Phi) is 2.72. The lowest BCUT2D eigenvalue weighted by Gasteiger charge is -2.16. The van der Waals surface area contributed by atoms with Gasteiger partial charge in [0.1, 0.15) is 5.82 Å². The van der Waals surface area contributed by atoms with E-state index < -0.39 is 10.0 Å². The Balaban J connectivity index is 1.95. The van der Waals surface area contributed by atoms with Crippen LogP contribution in [0.4, 0.5) is 0 Å². The maximum Gasteiger partial charge on any atom is 0.260 e. The van der Waals surface area contributed by atoms with Gasteiger partial charge >= 0.3 is 0 Å². The smallest absolute Gasteiger partial charge is 0.260 e. The van der Waals surface area contributed by atoms with Crippen molar-refractivity contribution in [2.45, 2.75) is 37.4 Å². The van der Waals surface area contributed by atoms with Gasteiger partial charge in [-0.3, -0.25) is 0 Å². The van der Waals surface area contributed by atoms with Crippen LogP contribution in [-0.4, -0.2) is 41.4 Å². The van der Waals surface area contributed by atoms with Crippen molar-refractivity contribution in [1.29, 1.82) is 0 Å². The average Bonchev–Trinajstić information content (AvgIpc) is 2.94. The van der Waals surface area contributed by atoms with Gasteiger partial charge in [-0.25, -0.2) is 13.4 Å². The van der Waals surface area contributed by atoms with Gasteiger partial charge in [-0.1, -0.05) is 6.92 Å². The van der Waals surface area contributed by atoms with Gasteiger partial charge in [0.2, 0.25) is 0 Å². The van der Waals surface area contributed by atoms with E-state index in [0.29, 0.717) is 18.1 Å². The van der Waals surface area contributed by atoms with E-state index in [1.54, 1.807) is 0 Å². The van der Waals surface area contributed by atoms with Gasteiger partial charge in [0.15, 0.2) is 5.03 Å². The number of aryl methyl sites for hydroxylation is 1. The standard InChI is InChI=1S/C11H18N4O2S/c1-8-6-14(7-9(8)12)18(16,17)11-5-13-10-3-2-4-15(10)11/h5,8-9H,2-4,6-7,12H2,1H3. The summed E-state index contributed by atoms with van der Waals surface area (Å²) < 4.78 is 28.4. The SMILES string of the molecule is CC1CN(S(=O)(=O)c2cnc3n2CCC3)CC1N. The van der Waals surface area contributed by atoms with Crippen molar-refractivity contribution in [1.82, 2.24) is 13.9 Å². The zero-order valence-corrected chi connectivity index (χ0v) is 11.2. The molecule has 0 aromatic carbocycles. The molecular weight excluding hydrogens is 252 g/mol. The van der Waals surface area contributed by atoms with Crippen molar-refractivity contribution >= 4 is 10.0 Å². The first-order chi connectivity index (χ1) is 8.50. The number of fused-ring (bicyclic) bond motifs is 1. The summed E-state index contributed by atoms with van der Waals surface area (Å²) in [4.78, 5) is 4.20. The van der Waals surface area contributed by atoms with E-state index in [1.807, 2.05) is 11.5 Å². The summed E-state index contributed by atoms with van der Waals surface area (Å²) in [6, 6.07) is -0.0688. The maximum atomic E-state index is 12.6. The molecule has 1 saturated heterocycles. The van der Waals surface area contributed by atoms with Crippen LogP contribution in [0.15, 0.2) is 11.2 Å². The summed E-state index contributed by atoms with van der Waals surface area (Å²) in [6.07, 6.45) is 3.32. The quantitative estimate of drug-likeness (QED) is 0.806. The Labute approximate surface area is 107 Å². The van der Waals surface area contributed by atoms with E-state index in [9.17, 15) is 8.42 Å². The summed E-state index contributed by atoms with van der Waals surface area (Å²) in [5.74, 6) is 1.09. The molecule has 100 valence electrons. The predicted molar refractivity (Wildman–Crippen MR) is 66.4 cm³/mol. The molecule has 3 rings (SSSR count). The lowest BCUT2D eigenvalue weighted by Crippen LogP contribution is -2.33. The molecule has 18 heavy (non-hydrogen) atoms. The highest BCUT2D eigenvalue weighted by Crippen LogP contribution is 2.26. The van der Waals surface area contributed by atoms with Gasteiger partial charge in [0, 0.05) is 32.1 Å². The molecule has 2 aliphatic rings. The Bertz CT molecular complexity index is 556. The number of hydrogen-bond acceptors (Lipinski definition) is 4. The second-order valence-corrected chi connectivity index (χ2v) is 7.12. The zero-order valence-electron chi connectivity index (χ0n) is 10.4. The molecule has 0 spiro atoms. The fourth-order valence-electron chi connectivity index (χ4n) is 2.71. The molecule has 0 aliphatic carbocycles. The number of sulfonamides is 1. The van der Waals surface area contributed by atoms with Crippen LogP contribution in [0.5, 0.6) is 0 Å². The van der Waals surface area contributed by atoms with E-state index >= 15 is 0 Å². The Morgan fingerprint density at radius 3 is 2.89 bits per heavy atom. The maximum absolute atomic E-state index is 12.6. The highest BCUT2D eigenvalue weighted by molar-refractivity contribution is 7.89. The summed E-state index contributed by atoms with van der Waals surface area (Å²) in [5, 5.41) is 0.330. The molecule has 0 bridgehead atoms. The van der Waals surface area contributed by atoms with Crippen molar-refractivity contribution in [3.8, 4) is 0 Å². The van der Waals surface area contributed by atoms with Crippen molar-refractivity contribution in [2.24, 2.45) is 11.7 Å². The van der Waals surface area contributed by atoms with Gasteiger partial charge in [0.25, 0.3) is 10.0 Å². The van der Waals surface area contributed by atoms with Gasteiger partial charge in [-0.05, 0) is 12.3 Å². The first-order valence-corrected chi connectivity index (χ1v) is 7.74. The van der Waals surface area contributed by atoms with Gasteiger partial charge < -0.3 is 10.3 Å². The second kappa shape index (κ2) is 4.04. The molecule has 0 amide bonds. The van der Waals surface area contributed by atoms with E-state index in [0.717, 1.165) is 25.2 Å². The monoisotopic (exact) mass is 270 g/mol. The van der Waals surface area contributed by atoms with E-state index in [-0.39, 0.29) is 12.0 Å². The molecule has 2 atom stereocenters. The number of aromatic nitrogens is 2. The molecule has 2 aliphatic heterocycles. The van der Waals surface area contributed by atoms with Crippen LogP contribution >= 0.6 is 0 Å². The Hall–Kier alpha value is -0.920. The number of hydrogen-bond donors (Lipinski definition) is 1. The van der Waals surface area contributed by atoms with Gasteiger partial charge in [0.05, 0.1) is 6.20 Å². The van der Waals surface area contributed by atoms with E-state index in [1.165, 1.54) is 10.5 Å². The largest absolute Gasteiger partial charge is 0.326 e. The summed E-state index contributed by atoms with van der Waals surface area (Å²) in [6.45, 7) is 3.65. The van der Waals surface area contributed by atoms with E-state index in [4.69, 9.17) is 5.73 Å². The lowest BCUT2D eigenvalue weighted by atomic mass is 10.1. The molecule has 7 heteroatoms. The van der Waals surface area contributed by atoms with Gasteiger partial charge in [-0.15, -0.1) is 0 Å². The average molecular weight is 270 g/mol.